The molecule has 0 saturated carbocycles. The van der Waals surface area contributed by atoms with E-state index in [2.05, 4.69) is 42.6 Å². The van der Waals surface area contributed by atoms with Gasteiger partial charge in [0.15, 0.2) is 0 Å². The van der Waals surface area contributed by atoms with E-state index in [0.717, 1.165) is 12.0 Å². The van der Waals surface area contributed by atoms with Crippen LogP contribution in [0.2, 0.25) is 0 Å². The molecule has 1 unspecified atom stereocenters. The first kappa shape index (κ1) is 15.6. The van der Waals surface area contributed by atoms with Crippen LogP contribution in [0.1, 0.15) is 49.8 Å². The summed E-state index contributed by atoms with van der Waals surface area (Å²) in [5.74, 6) is 0.366. The second-order valence-corrected chi connectivity index (χ2v) is 5.47. The van der Waals surface area contributed by atoms with Crippen LogP contribution in [0.25, 0.3) is 0 Å². The number of phenols is 1. The van der Waals surface area contributed by atoms with Crippen LogP contribution < -0.4 is 5.32 Å². The summed E-state index contributed by atoms with van der Waals surface area (Å²) in [5.41, 5.74) is 2.28. The second-order valence-electron chi connectivity index (χ2n) is 5.47. The number of rotatable bonds is 8. The van der Waals surface area contributed by atoms with E-state index in [-0.39, 0.29) is 0 Å². The molecule has 2 heteroatoms. The first-order valence-electron chi connectivity index (χ1n) is 7.86. The minimum atomic E-state index is 0.345. The Hall–Kier alpha value is -1.80. The molecule has 21 heavy (non-hydrogen) atoms. The molecular weight excluding hydrogens is 258 g/mol. The van der Waals surface area contributed by atoms with Crippen LogP contribution in [-0.4, -0.2) is 5.11 Å². The number of phenolic OH excluding ortho intramolecular Hbond substituents is 1. The van der Waals surface area contributed by atoms with Crippen LogP contribution in [0.3, 0.4) is 0 Å². The molecule has 0 aliphatic heterocycles. The summed E-state index contributed by atoms with van der Waals surface area (Å²) in [4.78, 5) is 0. The summed E-state index contributed by atoms with van der Waals surface area (Å²) < 4.78 is 0. The second kappa shape index (κ2) is 8.48. The first-order chi connectivity index (χ1) is 10.3. The number of unbranched alkanes of at least 4 members (excludes halogenated alkanes) is 2. The predicted molar refractivity (Wildman–Crippen MR) is 88.3 cm³/mol. The predicted octanol–water partition coefficient (Wildman–Crippen LogP) is 4.80. The zero-order valence-corrected chi connectivity index (χ0v) is 12.8. The molecule has 112 valence electrons. The number of benzene rings is 2. The number of nitrogens with one attached hydrogen (secondary N) is 1. The maximum atomic E-state index is 9.87. The molecule has 0 bridgehead atoms. The SMILES string of the molecule is CCCCCC(NCc1ccccc1O)c1ccccc1. The van der Waals surface area contributed by atoms with Gasteiger partial charge < -0.3 is 10.4 Å². The third-order valence-electron chi connectivity index (χ3n) is 3.83. The molecule has 2 aromatic carbocycles. The van der Waals surface area contributed by atoms with E-state index < -0.39 is 0 Å². The van der Waals surface area contributed by atoms with Crippen molar-refractivity contribution < 1.29 is 5.11 Å². The maximum absolute atomic E-state index is 9.87. The van der Waals surface area contributed by atoms with Crippen LogP contribution in [-0.2, 0) is 6.54 Å². The van der Waals surface area contributed by atoms with Crippen molar-refractivity contribution in [3.63, 3.8) is 0 Å². The molecule has 1 atom stereocenters. The minimum absolute atomic E-state index is 0.345. The molecule has 2 aromatic rings. The van der Waals surface area contributed by atoms with E-state index in [4.69, 9.17) is 0 Å². The largest absolute Gasteiger partial charge is 0.508 e. The smallest absolute Gasteiger partial charge is 0.120 e. The lowest BCUT2D eigenvalue weighted by Crippen LogP contribution is -2.21. The van der Waals surface area contributed by atoms with Gasteiger partial charge in [-0.15, -0.1) is 0 Å². The van der Waals surface area contributed by atoms with Crippen LogP contribution in [0.4, 0.5) is 0 Å². The average Bonchev–Trinajstić information content (AvgIpc) is 2.53. The quantitative estimate of drug-likeness (QED) is 0.682. The van der Waals surface area contributed by atoms with E-state index in [1.165, 1.54) is 24.8 Å². The Morgan fingerprint density at radius 3 is 2.38 bits per heavy atom. The molecule has 0 heterocycles. The average molecular weight is 283 g/mol. The molecule has 0 radical (unpaired) electrons. The molecule has 0 fully saturated rings. The van der Waals surface area contributed by atoms with Crippen molar-refractivity contribution in [1.29, 1.82) is 0 Å². The van der Waals surface area contributed by atoms with Crippen molar-refractivity contribution in [3.05, 3.63) is 65.7 Å². The molecule has 0 amide bonds. The Balaban J connectivity index is 2.00. The van der Waals surface area contributed by atoms with Gasteiger partial charge in [0.2, 0.25) is 0 Å². The van der Waals surface area contributed by atoms with Crippen LogP contribution in [0.15, 0.2) is 54.6 Å². The van der Waals surface area contributed by atoms with Gasteiger partial charge >= 0.3 is 0 Å². The van der Waals surface area contributed by atoms with Crippen molar-refractivity contribution >= 4 is 0 Å². The minimum Gasteiger partial charge on any atom is -0.508 e. The fourth-order valence-electron chi connectivity index (χ4n) is 2.56. The topological polar surface area (TPSA) is 32.3 Å². The van der Waals surface area contributed by atoms with Crippen molar-refractivity contribution in [2.75, 3.05) is 0 Å². The number of hydrogen-bond donors (Lipinski definition) is 2. The van der Waals surface area contributed by atoms with Crippen LogP contribution >= 0.6 is 0 Å². The molecule has 0 spiro atoms. The molecule has 2 nitrogen and oxygen atoms in total. The Labute approximate surface area is 127 Å². The summed E-state index contributed by atoms with van der Waals surface area (Å²) in [5, 5.41) is 13.5. The summed E-state index contributed by atoms with van der Waals surface area (Å²) in [7, 11) is 0. The highest BCUT2D eigenvalue weighted by molar-refractivity contribution is 5.31. The van der Waals surface area contributed by atoms with E-state index in [1.807, 2.05) is 18.2 Å². The van der Waals surface area contributed by atoms with Gasteiger partial charge in [0.05, 0.1) is 0 Å². The number of para-hydroxylation sites is 1. The fraction of sp³-hybridized carbons (Fsp3) is 0.368. The van der Waals surface area contributed by atoms with Gasteiger partial charge in [-0.1, -0.05) is 74.7 Å². The van der Waals surface area contributed by atoms with Gasteiger partial charge in [-0.3, -0.25) is 0 Å². The molecule has 2 rings (SSSR count). The van der Waals surface area contributed by atoms with Gasteiger partial charge in [0.25, 0.3) is 0 Å². The summed E-state index contributed by atoms with van der Waals surface area (Å²) in [6, 6.07) is 18.5. The number of hydrogen-bond acceptors (Lipinski definition) is 2. The Morgan fingerprint density at radius 1 is 0.952 bits per heavy atom. The maximum Gasteiger partial charge on any atom is 0.120 e. The third kappa shape index (κ3) is 4.91. The zero-order chi connectivity index (χ0) is 14.9. The van der Waals surface area contributed by atoms with Gasteiger partial charge in [-0.25, -0.2) is 0 Å². The van der Waals surface area contributed by atoms with Crippen molar-refractivity contribution in [2.45, 2.75) is 45.2 Å². The Bertz CT molecular complexity index is 524. The monoisotopic (exact) mass is 283 g/mol. The van der Waals surface area contributed by atoms with Gasteiger partial charge in [0.1, 0.15) is 5.75 Å². The lowest BCUT2D eigenvalue weighted by Gasteiger charge is -2.19. The van der Waals surface area contributed by atoms with E-state index >= 15 is 0 Å². The third-order valence-corrected chi connectivity index (χ3v) is 3.83. The standard InChI is InChI=1S/C19H25NO/c1-2-3-5-13-18(16-10-6-4-7-11-16)20-15-17-12-8-9-14-19(17)21/h4,6-12,14,18,20-21H,2-3,5,13,15H2,1H3. The van der Waals surface area contributed by atoms with Gasteiger partial charge in [-0.2, -0.15) is 0 Å². The first-order valence-corrected chi connectivity index (χ1v) is 7.86. The van der Waals surface area contributed by atoms with Gasteiger partial charge in [-0.05, 0) is 18.1 Å². The van der Waals surface area contributed by atoms with Gasteiger partial charge in [0, 0.05) is 18.2 Å². The molecular formula is C19H25NO. The van der Waals surface area contributed by atoms with Crippen molar-refractivity contribution in [3.8, 4) is 5.75 Å². The summed E-state index contributed by atoms with van der Waals surface area (Å²) in [6.45, 7) is 2.92. The van der Waals surface area contributed by atoms with Crippen molar-refractivity contribution in [1.82, 2.24) is 5.32 Å². The lowest BCUT2D eigenvalue weighted by atomic mass is 10.00. The summed E-state index contributed by atoms with van der Waals surface area (Å²) in [6.07, 6.45) is 4.86. The highest BCUT2D eigenvalue weighted by atomic mass is 16.3. The normalized spacial score (nSPS) is 12.2. The van der Waals surface area contributed by atoms with Crippen LogP contribution in [0.5, 0.6) is 5.75 Å². The molecule has 0 aromatic heterocycles. The lowest BCUT2D eigenvalue weighted by molar-refractivity contribution is 0.445. The highest BCUT2D eigenvalue weighted by Crippen LogP contribution is 2.22. The summed E-state index contributed by atoms with van der Waals surface area (Å²) >= 11 is 0. The molecule has 0 saturated heterocycles. The van der Waals surface area contributed by atoms with E-state index in [0.29, 0.717) is 18.3 Å². The molecule has 0 aliphatic rings. The Morgan fingerprint density at radius 2 is 1.67 bits per heavy atom. The van der Waals surface area contributed by atoms with E-state index in [9.17, 15) is 5.11 Å². The van der Waals surface area contributed by atoms with E-state index in [1.54, 1.807) is 6.07 Å². The van der Waals surface area contributed by atoms with Crippen molar-refractivity contribution in [2.24, 2.45) is 0 Å². The zero-order valence-electron chi connectivity index (χ0n) is 12.8. The molecule has 2 N–H and O–H groups in total. The fourth-order valence-corrected chi connectivity index (χ4v) is 2.56. The number of aromatic hydroxyl groups is 1. The Kier molecular flexibility index (Phi) is 6.29. The highest BCUT2D eigenvalue weighted by Gasteiger charge is 2.11. The molecule has 0 aliphatic carbocycles. The van der Waals surface area contributed by atoms with Crippen LogP contribution in [0, 0.1) is 0 Å².